The van der Waals surface area contributed by atoms with Crippen LogP contribution in [0.5, 0.6) is 0 Å². The highest BCUT2D eigenvalue weighted by molar-refractivity contribution is 6.74. The minimum absolute atomic E-state index is 0.0946. The second-order valence-electron chi connectivity index (χ2n) is 9.04. The van der Waals surface area contributed by atoms with Crippen molar-refractivity contribution in [2.45, 2.75) is 57.5 Å². The second kappa shape index (κ2) is 10.4. The molecular formula is C23H33Cl2NO2Si. The van der Waals surface area contributed by atoms with Crippen molar-refractivity contribution in [2.75, 3.05) is 13.2 Å². The molecule has 0 saturated carbocycles. The van der Waals surface area contributed by atoms with Crippen LogP contribution in [-0.4, -0.2) is 32.7 Å². The second-order valence-corrected chi connectivity index (χ2v) is 14.7. The van der Waals surface area contributed by atoms with Crippen molar-refractivity contribution in [3.8, 4) is 0 Å². The molecule has 0 aromatic heterocycles. The van der Waals surface area contributed by atoms with E-state index in [1.807, 2.05) is 30.3 Å². The first kappa shape index (κ1) is 24.4. The average molecular weight is 455 g/mol. The fraction of sp³-hybridized carbons (Fsp3) is 0.478. The van der Waals surface area contributed by atoms with Crippen LogP contribution in [0.1, 0.15) is 37.8 Å². The minimum atomic E-state index is -1.95. The van der Waals surface area contributed by atoms with Crippen molar-refractivity contribution in [1.29, 1.82) is 0 Å². The van der Waals surface area contributed by atoms with E-state index in [1.54, 1.807) is 6.07 Å². The molecule has 6 heteroatoms. The van der Waals surface area contributed by atoms with E-state index in [9.17, 15) is 5.11 Å². The molecule has 2 unspecified atom stereocenters. The Morgan fingerprint density at radius 1 is 1.03 bits per heavy atom. The molecule has 0 radical (unpaired) electrons. The molecule has 0 fully saturated rings. The fourth-order valence-electron chi connectivity index (χ4n) is 2.81. The maximum atomic E-state index is 11.0. The molecule has 2 atom stereocenters. The Hall–Kier alpha value is -0.883. The van der Waals surface area contributed by atoms with Crippen LogP contribution < -0.4 is 5.32 Å². The van der Waals surface area contributed by atoms with Crippen LogP contribution in [0.25, 0.3) is 0 Å². The first-order valence-corrected chi connectivity index (χ1v) is 13.7. The third-order valence-corrected chi connectivity index (χ3v) is 11.0. The molecule has 0 amide bonds. The van der Waals surface area contributed by atoms with Crippen LogP contribution in [0.2, 0.25) is 28.2 Å². The maximum Gasteiger partial charge on any atom is 0.192 e. The Kier molecular flexibility index (Phi) is 8.77. The molecule has 0 bridgehead atoms. The summed E-state index contributed by atoms with van der Waals surface area (Å²) in [5, 5.41) is 15.6. The van der Waals surface area contributed by atoms with E-state index >= 15 is 0 Å². The normalized spacial score (nSPS) is 14.6. The number of halogens is 2. The highest BCUT2D eigenvalue weighted by atomic mass is 35.5. The largest absolute Gasteiger partial charge is 0.414 e. The van der Waals surface area contributed by atoms with Crippen molar-refractivity contribution in [3.05, 3.63) is 69.7 Å². The molecule has 0 aliphatic rings. The van der Waals surface area contributed by atoms with E-state index in [1.165, 1.54) is 5.56 Å². The highest BCUT2D eigenvalue weighted by Crippen LogP contribution is 2.37. The molecule has 29 heavy (non-hydrogen) atoms. The molecule has 0 aliphatic carbocycles. The summed E-state index contributed by atoms with van der Waals surface area (Å²) >= 11 is 12.3. The van der Waals surface area contributed by atoms with E-state index in [2.05, 4.69) is 51.3 Å². The van der Waals surface area contributed by atoms with Crippen LogP contribution in [-0.2, 0) is 11.0 Å². The highest BCUT2D eigenvalue weighted by Gasteiger charge is 2.38. The quantitative estimate of drug-likeness (QED) is 0.440. The smallest absolute Gasteiger partial charge is 0.192 e. The zero-order valence-corrected chi connectivity index (χ0v) is 20.5. The van der Waals surface area contributed by atoms with Crippen LogP contribution >= 0.6 is 23.2 Å². The summed E-state index contributed by atoms with van der Waals surface area (Å²) in [5.41, 5.74) is 2.15. The standard InChI is InChI=1S/C23H33Cl2NO2Si/c1-23(2,3)29(4,5)28-16-22(27)19(18-11-12-20(24)21(25)13-18)15-26-14-17-9-7-6-8-10-17/h6-13,19,22,26-27H,14-16H2,1-5H3. The summed E-state index contributed by atoms with van der Waals surface area (Å²) in [5.74, 6) is -0.154. The van der Waals surface area contributed by atoms with Gasteiger partial charge in [0.15, 0.2) is 8.32 Å². The Labute approximate surface area is 186 Å². The van der Waals surface area contributed by atoms with Gasteiger partial charge in [-0.25, -0.2) is 0 Å². The van der Waals surface area contributed by atoms with E-state index in [0.29, 0.717) is 23.2 Å². The van der Waals surface area contributed by atoms with Gasteiger partial charge in [0.2, 0.25) is 0 Å². The topological polar surface area (TPSA) is 41.5 Å². The molecule has 160 valence electrons. The third kappa shape index (κ3) is 7.09. The molecule has 2 aromatic rings. The van der Waals surface area contributed by atoms with Crippen molar-refractivity contribution in [3.63, 3.8) is 0 Å². The molecule has 2 N–H and O–H groups in total. The lowest BCUT2D eigenvalue weighted by molar-refractivity contribution is 0.0766. The molecule has 2 rings (SSSR count). The number of aliphatic hydroxyl groups excluding tert-OH is 1. The van der Waals surface area contributed by atoms with Gasteiger partial charge in [-0.1, -0.05) is 80.4 Å². The van der Waals surface area contributed by atoms with Crippen LogP contribution in [0, 0.1) is 0 Å². The van der Waals surface area contributed by atoms with Crippen LogP contribution in [0.3, 0.4) is 0 Å². The molecule has 0 aliphatic heterocycles. The van der Waals surface area contributed by atoms with Gasteiger partial charge in [0.05, 0.1) is 22.8 Å². The van der Waals surface area contributed by atoms with Crippen molar-refractivity contribution in [1.82, 2.24) is 5.32 Å². The average Bonchev–Trinajstić information content (AvgIpc) is 2.66. The third-order valence-electron chi connectivity index (χ3n) is 5.79. The maximum absolute atomic E-state index is 11.0. The Morgan fingerprint density at radius 3 is 2.28 bits per heavy atom. The predicted octanol–water partition coefficient (Wildman–Crippen LogP) is 6.25. The number of rotatable bonds is 9. The van der Waals surface area contributed by atoms with Crippen molar-refractivity contribution >= 4 is 31.5 Å². The van der Waals surface area contributed by atoms with E-state index in [4.69, 9.17) is 27.6 Å². The summed E-state index contributed by atoms with van der Waals surface area (Å²) < 4.78 is 6.28. The number of aliphatic hydroxyl groups is 1. The number of hydrogen-bond acceptors (Lipinski definition) is 3. The number of benzene rings is 2. The molecule has 0 saturated heterocycles. The lowest BCUT2D eigenvalue weighted by Gasteiger charge is -2.37. The van der Waals surface area contributed by atoms with Gasteiger partial charge in [0.1, 0.15) is 0 Å². The lowest BCUT2D eigenvalue weighted by Crippen LogP contribution is -2.44. The summed E-state index contributed by atoms with van der Waals surface area (Å²) in [4.78, 5) is 0. The van der Waals surface area contributed by atoms with Gasteiger partial charge in [0.25, 0.3) is 0 Å². The first-order chi connectivity index (χ1) is 13.5. The summed E-state index contributed by atoms with van der Waals surface area (Å²) in [7, 11) is -1.95. The van der Waals surface area contributed by atoms with Gasteiger partial charge in [0, 0.05) is 19.0 Å². The van der Waals surface area contributed by atoms with Gasteiger partial charge in [-0.3, -0.25) is 0 Å². The molecule has 0 spiro atoms. The van der Waals surface area contributed by atoms with Crippen LogP contribution in [0.4, 0.5) is 0 Å². The molecular weight excluding hydrogens is 421 g/mol. The van der Waals surface area contributed by atoms with Gasteiger partial charge in [-0.15, -0.1) is 0 Å². The number of hydrogen-bond donors (Lipinski definition) is 2. The summed E-state index contributed by atoms with van der Waals surface area (Å²) in [6, 6.07) is 15.8. The summed E-state index contributed by atoms with van der Waals surface area (Å²) in [6.07, 6.45) is -0.648. The minimum Gasteiger partial charge on any atom is -0.414 e. The van der Waals surface area contributed by atoms with Gasteiger partial charge >= 0.3 is 0 Å². The SMILES string of the molecule is CC(C)(C)[Si](C)(C)OCC(O)C(CNCc1ccccc1)c1ccc(Cl)c(Cl)c1. The zero-order chi connectivity index (χ0) is 21.7. The van der Waals surface area contributed by atoms with Crippen molar-refractivity contribution < 1.29 is 9.53 Å². The zero-order valence-electron chi connectivity index (χ0n) is 18.0. The Morgan fingerprint density at radius 2 is 1.69 bits per heavy atom. The van der Waals surface area contributed by atoms with Gasteiger partial charge in [-0.2, -0.15) is 0 Å². The molecule has 0 heterocycles. The fourth-order valence-corrected chi connectivity index (χ4v) is 4.14. The van der Waals surface area contributed by atoms with Crippen LogP contribution in [0.15, 0.2) is 48.5 Å². The van der Waals surface area contributed by atoms with Gasteiger partial charge in [-0.05, 0) is 41.4 Å². The van der Waals surface area contributed by atoms with E-state index < -0.39 is 14.4 Å². The Bertz CT molecular complexity index is 778. The van der Waals surface area contributed by atoms with Gasteiger partial charge < -0.3 is 14.8 Å². The first-order valence-electron chi connectivity index (χ1n) is 10.0. The Balaban J connectivity index is 2.11. The lowest BCUT2D eigenvalue weighted by atomic mass is 9.93. The van der Waals surface area contributed by atoms with E-state index in [-0.39, 0.29) is 11.0 Å². The predicted molar refractivity (Wildman–Crippen MR) is 127 cm³/mol. The molecule has 3 nitrogen and oxygen atoms in total. The van der Waals surface area contributed by atoms with E-state index in [0.717, 1.165) is 12.1 Å². The van der Waals surface area contributed by atoms with Crippen molar-refractivity contribution in [2.24, 2.45) is 0 Å². The number of nitrogens with one attached hydrogen (secondary N) is 1. The molecule has 2 aromatic carbocycles. The monoisotopic (exact) mass is 453 g/mol. The summed E-state index contributed by atoms with van der Waals surface area (Å²) in [6.45, 7) is 12.6.